The molecule has 2 atom stereocenters. The lowest BCUT2D eigenvalue weighted by Gasteiger charge is -2.20. The van der Waals surface area contributed by atoms with Crippen molar-refractivity contribution in [3.63, 3.8) is 0 Å². The van der Waals surface area contributed by atoms with E-state index >= 15 is 4.39 Å². The molecule has 0 radical (unpaired) electrons. The Morgan fingerprint density at radius 1 is 1.03 bits per heavy atom. The molecular weight excluding hydrogens is 598 g/mol. The van der Waals surface area contributed by atoms with Gasteiger partial charge in [0.05, 0.1) is 9.99 Å². The fourth-order valence-corrected chi connectivity index (χ4v) is 7.37. The normalized spacial score (nSPS) is 20.9. The molecule has 5 rings (SSSR count). The van der Waals surface area contributed by atoms with Crippen LogP contribution in [0.1, 0.15) is 24.6 Å². The predicted molar refractivity (Wildman–Crippen MR) is 160 cm³/mol. The molecule has 1 aromatic carbocycles. The van der Waals surface area contributed by atoms with Gasteiger partial charge in [0.25, 0.3) is 0 Å². The van der Waals surface area contributed by atoms with Crippen LogP contribution in [0.4, 0.5) is 8.78 Å². The largest absolute Gasteiger partial charge is 0.361 e. The molecular formula is C28H41BrF2N4O2Si2. The molecule has 39 heavy (non-hydrogen) atoms. The number of benzene rings is 1. The minimum Gasteiger partial charge on any atom is -0.361 e. The van der Waals surface area contributed by atoms with Crippen LogP contribution in [0.3, 0.4) is 0 Å². The SMILES string of the molecule is C[C@@]12Cc3c(c(-c4nc5cc(Br)c(F)c(F)c5n4COCC[Si](C)(C)C)nn3COCC[Si](C)(C)C)C[C@@H]1C2. The monoisotopic (exact) mass is 638 g/mol. The average molecular weight is 640 g/mol. The van der Waals surface area contributed by atoms with Crippen LogP contribution >= 0.6 is 15.9 Å². The molecule has 2 aliphatic rings. The van der Waals surface area contributed by atoms with E-state index in [-0.39, 0.29) is 16.7 Å². The molecule has 0 unspecified atom stereocenters. The van der Waals surface area contributed by atoms with E-state index in [4.69, 9.17) is 19.6 Å². The Bertz CT molecular complexity index is 1400. The quantitative estimate of drug-likeness (QED) is 0.123. The van der Waals surface area contributed by atoms with Crippen molar-refractivity contribution >= 4 is 43.1 Å². The summed E-state index contributed by atoms with van der Waals surface area (Å²) < 4.78 is 45.9. The fourth-order valence-electron chi connectivity index (χ4n) is 5.47. The van der Waals surface area contributed by atoms with Crippen molar-refractivity contribution < 1.29 is 18.3 Å². The zero-order valence-electron chi connectivity index (χ0n) is 24.3. The highest BCUT2D eigenvalue weighted by Gasteiger charge is 2.54. The van der Waals surface area contributed by atoms with E-state index < -0.39 is 27.8 Å². The Hall–Kier alpha value is -1.41. The highest BCUT2D eigenvalue weighted by molar-refractivity contribution is 9.10. The van der Waals surface area contributed by atoms with E-state index in [9.17, 15) is 4.39 Å². The third kappa shape index (κ3) is 6.12. The Morgan fingerprint density at radius 2 is 1.67 bits per heavy atom. The summed E-state index contributed by atoms with van der Waals surface area (Å²) in [6.45, 7) is 18.0. The van der Waals surface area contributed by atoms with Crippen LogP contribution in [0, 0.1) is 23.0 Å². The van der Waals surface area contributed by atoms with Gasteiger partial charge in [-0.15, -0.1) is 0 Å². The van der Waals surface area contributed by atoms with Gasteiger partial charge in [0.2, 0.25) is 0 Å². The summed E-state index contributed by atoms with van der Waals surface area (Å²) in [5.41, 5.74) is 3.86. The second-order valence-corrected chi connectivity index (χ2v) is 26.2. The van der Waals surface area contributed by atoms with E-state index in [1.54, 1.807) is 4.57 Å². The van der Waals surface area contributed by atoms with Crippen LogP contribution in [-0.4, -0.2) is 48.7 Å². The minimum absolute atomic E-state index is 0.0560. The van der Waals surface area contributed by atoms with Gasteiger partial charge in [-0.05, 0) is 64.7 Å². The van der Waals surface area contributed by atoms with Crippen molar-refractivity contribution in [2.24, 2.45) is 11.3 Å². The van der Waals surface area contributed by atoms with E-state index in [1.165, 1.54) is 18.2 Å². The van der Waals surface area contributed by atoms with Crippen molar-refractivity contribution in [3.05, 3.63) is 33.4 Å². The molecule has 214 valence electrons. The van der Waals surface area contributed by atoms with Gasteiger partial charge in [0, 0.05) is 40.6 Å². The van der Waals surface area contributed by atoms with Crippen molar-refractivity contribution in [2.75, 3.05) is 13.2 Å². The number of fused-ring (bicyclic) bond motifs is 3. The van der Waals surface area contributed by atoms with E-state index in [0.717, 1.165) is 36.2 Å². The lowest BCUT2D eigenvalue weighted by atomic mass is 9.87. The number of imidazole rings is 1. The number of hydrogen-bond acceptors (Lipinski definition) is 4. The van der Waals surface area contributed by atoms with Crippen LogP contribution in [0.2, 0.25) is 51.4 Å². The van der Waals surface area contributed by atoms with E-state index in [1.807, 2.05) is 4.68 Å². The molecule has 1 saturated carbocycles. The second kappa shape index (κ2) is 10.5. The second-order valence-electron chi connectivity index (χ2n) is 14.1. The van der Waals surface area contributed by atoms with Gasteiger partial charge >= 0.3 is 0 Å². The van der Waals surface area contributed by atoms with Gasteiger partial charge in [0.1, 0.15) is 24.7 Å². The highest BCUT2D eigenvalue weighted by atomic mass is 79.9. The van der Waals surface area contributed by atoms with Crippen molar-refractivity contribution in [3.8, 4) is 11.5 Å². The summed E-state index contributed by atoms with van der Waals surface area (Å²) >= 11 is 3.15. The number of nitrogens with zero attached hydrogens (tertiary/aromatic N) is 4. The number of rotatable bonds is 11. The number of halogens is 3. The highest BCUT2D eigenvalue weighted by Crippen LogP contribution is 2.60. The molecule has 2 heterocycles. The zero-order chi connectivity index (χ0) is 28.3. The first-order valence-corrected chi connectivity index (χ1v) is 22.2. The summed E-state index contributed by atoms with van der Waals surface area (Å²) in [6, 6.07) is 3.61. The summed E-state index contributed by atoms with van der Waals surface area (Å²) in [5.74, 6) is -0.710. The van der Waals surface area contributed by atoms with E-state index in [2.05, 4.69) is 62.1 Å². The molecule has 1 fully saturated rings. The maximum absolute atomic E-state index is 15.4. The molecule has 2 aliphatic carbocycles. The first-order valence-electron chi connectivity index (χ1n) is 13.9. The van der Waals surface area contributed by atoms with Gasteiger partial charge in [0.15, 0.2) is 17.5 Å². The predicted octanol–water partition coefficient (Wildman–Crippen LogP) is 7.69. The number of hydrogen-bond donors (Lipinski definition) is 0. The zero-order valence-corrected chi connectivity index (χ0v) is 27.8. The maximum Gasteiger partial charge on any atom is 0.185 e. The fraction of sp³-hybridized carbons (Fsp3) is 0.643. The van der Waals surface area contributed by atoms with Crippen LogP contribution in [-0.2, 0) is 35.8 Å². The van der Waals surface area contributed by atoms with E-state index in [0.29, 0.717) is 42.6 Å². The van der Waals surface area contributed by atoms with Gasteiger partial charge < -0.3 is 9.47 Å². The summed E-state index contributed by atoms with van der Waals surface area (Å²) in [6.07, 6.45) is 3.05. The number of ether oxygens (including phenoxy) is 2. The van der Waals surface area contributed by atoms with Crippen LogP contribution in [0.15, 0.2) is 10.5 Å². The van der Waals surface area contributed by atoms with Gasteiger partial charge in [-0.1, -0.05) is 46.2 Å². The molecule has 0 spiro atoms. The first kappa shape index (κ1) is 29.1. The smallest absolute Gasteiger partial charge is 0.185 e. The lowest BCUT2D eigenvalue weighted by Crippen LogP contribution is -2.23. The molecule has 11 heteroatoms. The topological polar surface area (TPSA) is 54.1 Å². The summed E-state index contributed by atoms with van der Waals surface area (Å²) in [5, 5.41) is 5.02. The Labute approximate surface area is 240 Å². The average Bonchev–Trinajstić information content (AvgIpc) is 3.18. The van der Waals surface area contributed by atoms with Crippen molar-refractivity contribution in [1.82, 2.24) is 19.3 Å². The molecule has 0 bridgehead atoms. The minimum atomic E-state index is -1.31. The van der Waals surface area contributed by atoms with Gasteiger partial charge in [-0.2, -0.15) is 5.10 Å². The van der Waals surface area contributed by atoms with Gasteiger partial charge in [-0.25, -0.2) is 18.4 Å². The standard InChI is InChI=1S/C28H41BrF2N4O2Si2/c1-28-14-18(28)12-19-22(15-28)35(17-37-9-11-39(5,6)7)33-25(19)27-32-21-13-20(29)23(30)24(31)26(21)34(27)16-36-8-10-38(2,3)4/h13,18H,8-12,14-17H2,1-7H3/t18-,28-/m1/s1. The van der Waals surface area contributed by atoms with Crippen molar-refractivity contribution in [2.45, 2.75) is 91.0 Å². The van der Waals surface area contributed by atoms with Crippen LogP contribution < -0.4 is 0 Å². The Balaban J connectivity index is 1.54. The first-order chi connectivity index (χ1) is 18.2. The van der Waals surface area contributed by atoms with Crippen LogP contribution in [0.5, 0.6) is 0 Å². The Kier molecular flexibility index (Phi) is 7.80. The molecule has 0 N–H and O–H groups in total. The molecule has 6 nitrogen and oxygen atoms in total. The molecule has 3 aromatic rings. The van der Waals surface area contributed by atoms with Crippen LogP contribution in [0.25, 0.3) is 22.6 Å². The third-order valence-corrected chi connectivity index (χ3v) is 12.2. The molecule has 0 saturated heterocycles. The third-order valence-electron chi connectivity index (χ3n) is 8.23. The van der Waals surface area contributed by atoms with Gasteiger partial charge in [-0.3, -0.25) is 4.57 Å². The van der Waals surface area contributed by atoms with Crippen molar-refractivity contribution in [1.29, 1.82) is 0 Å². The molecule has 0 amide bonds. The Morgan fingerprint density at radius 3 is 2.31 bits per heavy atom. The maximum atomic E-state index is 15.4. The number of aromatic nitrogens is 4. The lowest BCUT2D eigenvalue weighted by molar-refractivity contribution is 0.0756. The molecule has 0 aliphatic heterocycles. The summed E-state index contributed by atoms with van der Waals surface area (Å²) in [7, 11) is -2.52. The molecule has 2 aromatic heterocycles. The summed E-state index contributed by atoms with van der Waals surface area (Å²) in [4.78, 5) is 4.82.